The highest BCUT2D eigenvalue weighted by molar-refractivity contribution is 7.89. The van der Waals surface area contributed by atoms with E-state index in [1.807, 2.05) is 27.7 Å². The van der Waals surface area contributed by atoms with Crippen LogP contribution in [0, 0.1) is 0 Å². The molecule has 3 aromatic rings. The van der Waals surface area contributed by atoms with E-state index in [0.29, 0.717) is 43.1 Å². The van der Waals surface area contributed by atoms with Gasteiger partial charge in [0.15, 0.2) is 5.65 Å². The molecule has 0 aliphatic heterocycles. The number of rotatable bonds is 10. The zero-order valence-electron chi connectivity index (χ0n) is 20.7. The lowest BCUT2D eigenvalue weighted by molar-refractivity contribution is 0.102. The number of carbonyl (C=O) groups is 1. The summed E-state index contributed by atoms with van der Waals surface area (Å²) in [6.07, 6.45) is 3.21. The Morgan fingerprint density at radius 2 is 1.71 bits per heavy atom. The van der Waals surface area contributed by atoms with Crippen LogP contribution in [0.3, 0.4) is 0 Å². The van der Waals surface area contributed by atoms with E-state index >= 15 is 0 Å². The number of carbonyl (C=O) groups excluding carboxylic acids is 1. The van der Waals surface area contributed by atoms with Crippen molar-refractivity contribution in [3.05, 3.63) is 42.2 Å². The molecule has 2 aromatic heterocycles. The number of anilines is 2. The first kappa shape index (κ1) is 25.6. The average Bonchev–Trinajstić information content (AvgIpc) is 3.25. The number of amides is 1. The summed E-state index contributed by atoms with van der Waals surface area (Å²) in [5.74, 6) is -0.363. The molecule has 9 nitrogen and oxygen atoms in total. The van der Waals surface area contributed by atoms with Gasteiger partial charge in [-0.05, 0) is 52.0 Å². The smallest absolute Gasteiger partial charge is 0.257 e. The van der Waals surface area contributed by atoms with Gasteiger partial charge >= 0.3 is 0 Å². The molecular weight excluding hydrogens is 452 g/mol. The molecule has 1 N–H and O–H groups in total. The van der Waals surface area contributed by atoms with Crippen LogP contribution in [0.15, 0.2) is 41.6 Å². The minimum atomic E-state index is -3.67. The first-order valence-electron chi connectivity index (χ1n) is 11.7. The molecule has 3 rings (SSSR count). The van der Waals surface area contributed by atoms with Crippen LogP contribution in [-0.2, 0) is 10.0 Å². The lowest BCUT2D eigenvalue weighted by Crippen LogP contribution is -2.31. The molecule has 0 saturated heterocycles. The van der Waals surface area contributed by atoms with E-state index in [2.05, 4.69) is 20.3 Å². The number of hydrogen-bond donors (Lipinski definition) is 1. The van der Waals surface area contributed by atoms with E-state index in [9.17, 15) is 13.2 Å². The van der Waals surface area contributed by atoms with Crippen molar-refractivity contribution in [2.45, 2.75) is 52.5 Å². The van der Waals surface area contributed by atoms with Gasteiger partial charge in [0.1, 0.15) is 0 Å². The average molecular weight is 487 g/mol. The molecule has 1 amide bonds. The lowest BCUT2D eigenvalue weighted by atomic mass is 10.2. The number of nitrogens with zero attached hydrogens (tertiary/aromatic N) is 5. The Morgan fingerprint density at radius 1 is 1.03 bits per heavy atom. The molecule has 0 saturated carbocycles. The normalized spacial score (nSPS) is 12.0. The highest BCUT2D eigenvalue weighted by atomic mass is 32.2. The first-order chi connectivity index (χ1) is 16.2. The van der Waals surface area contributed by atoms with Crippen LogP contribution in [0.4, 0.5) is 11.4 Å². The Hall–Kier alpha value is -2.98. The summed E-state index contributed by atoms with van der Waals surface area (Å²) >= 11 is 0. The first-order valence-corrected chi connectivity index (χ1v) is 13.2. The summed E-state index contributed by atoms with van der Waals surface area (Å²) in [7, 11) is -3.67. The lowest BCUT2D eigenvalue weighted by Gasteiger charge is -2.26. The van der Waals surface area contributed by atoms with Crippen LogP contribution in [0.2, 0.25) is 0 Å². The van der Waals surface area contributed by atoms with Crippen LogP contribution in [0.25, 0.3) is 11.0 Å². The third-order valence-corrected chi connectivity index (χ3v) is 7.89. The van der Waals surface area contributed by atoms with Crippen molar-refractivity contribution in [2.75, 3.05) is 36.4 Å². The fourth-order valence-corrected chi connectivity index (χ4v) is 5.45. The van der Waals surface area contributed by atoms with Crippen LogP contribution < -0.4 is 10.2 Å². The second-order valence-electron chi connectivity index (χ2n) is 8.21. The number of aromatic nitrogens is 3. The minimum absolute atomic E-state index is 0.147. The fourth-order valence-electron chi connectivity index (χ4n) is 3.97. The number of nitrogens with one attached hydrogen (secondary N) is 1. The van der Waals surface area contributed by atoms with Crippen molar-refractivity contribution in [1.29, 1.82) is 0 Å². The number of benzene rings is 1. The molecule has 0 spiro atoms. The van der Waals surface area contributed by atoms with Crippen molar-refractivity contribution in [3.63, 3.8) is 0 Å². The van der Waals surface area contributed by atoms with E-state index in [4.69, 9.17) is 0 Å². The third kappa shape index (κ3) is 4.92. The fraction of sp³-hybridized carbons (Fsp3) is 0.458. The van der Waals surface area contributed by atoms with E-state index in [1.165, 1.54) is 10.5 Å². The molecule has 0 fully saturated rings. The molecule has 2 heterocycles. The Bertz CT molecular complexity index is 1260. The van der Waals surface area contributed by atoms with Crippen molar-refractivity contribution in [3.8, 4) is 0 Å². The van der Waals surface area contributed by atoms with Gasteiger partial charge < -0.3 is 10.2 Å². The molecule has 0 unspecified atom stereocenters. The highest BCUT2D eigenvalue weighted by Crippen LogP contribution is 2.31. The highest BCUT2D eigenvalue weighted by Gasteiger charge is 2.24. The number of hydrogen-bond acceptors (Lipinski definition) is 6. The zero-order valence-corrected chi connectivity index (χ0v) is 21.6. The second kappa shape index (κ2) is 10.5. The summed E-state index contributed by atoms with van der Waals surface area (Å²) < 4.78 is 29.4. The van der Waals surface area contributed by atoms with E-state index in [-0.39, 0.29) is 16.8 Å². The standard InChI is InChI=1S/C24H34N6O3S/c1-7-28(8-2)22-12-11-20(34(32,33)29(9-3)10-4)14-21(22)27-24(31)19-13-18-16-26-30(17(5)6)23(18)25-15-19/h11-17H,7-10H2,1-6H3,(H,27,31). The summed E-state index contributed by atoms with van der Waals surface area (Å²) in [4.78, 5) is 19.9. The van der Waals surface area contributed by atoms with Crippen LogP contribution in [-0.4, -0.2) is 59.6 Å². The summed E-state index contributed by atoms with van der Waals surface area (Å²) in [6.45, 7) is 13.8. The van der Waals surface area contributed by atoms with Gasteiger partial charge in [-0.15, -0.1) is 0 Å². The molecule has 0 bridgehead atoms. The number of pyridine rings is 1. The van der Waals surface area contributed by atoms with E-state index in [1.54, 1.807) is 49.0 Å². The third-order valence-electron chi connectivity index (χ3n) is 5.85. The summed E-state index contributed by atoms with van der Waals surface area (Å²) in [6, 6.07) is 6.80. The van der Waals surface area contributed by atoms with E-state index < -0.39 is 10.0 Å². The van der Waals surface area contributed by atoms with Gasteiger partial charge in [-0.3, -0.25) is 4.79 Å². The Labute approximate surface area is 201 Å². The van der Waals surface area contributed by atoms with Crippen LogP contribution in [0.5, 0.6) is 0 Å². The SMILES string of the molecule is CCN(CC)c1ccc(S(=O)(=O)N(CC)CC)cc1NC(=O)c1cnc2c(cnn2C(C)C)c1. The molecule has 0 atom stereocenters. The second-order valence-corrected chi connectivity index (χ2v) is 10.2. The van der Waals surface area contributed by atoms with Gasteiger partial charge in [-0.25, -0.2) is 18.1 Å². The quantitative estimate of drug-likeness (QED) is 0.462. The van der Waals surface area contributed by atoms with Gasteiger partial charge in [-0.2, -0.15) is 9.40 Å². The maximum absolute atomic E-state index is 13.2. The van der Waals surface area contributed by atoms with Gasteiger partial charge in [0.2, 0.25) is 10.0 Å². The maximum atomic E-state index is 13.2. The molecule has 184 valence electrons. The minimum Gasteiger partial charge on any atom is -0.370 e. The zero-order chi connectivity index (χ0) is 25.0. The molecule has 0 radical (unpaired) electrons. The van der Waals surface area contributed by atoms with Crippen molar-refractivity contribution < 1.29 is 13.2 Å². The van der Waals surface area contributed by atoms with Crippen molar-refractivity contribution in [1.82, 2.24) is 19.1 Å². The summed E-state index contributed by atoms with van der Waals surface area (Å²) in [5.41, 5.74) is 2.29. The van der Waals surface area contributed by atoms with Crippen molar-refractivity contribution in [2.24, 2.45) is 0 Å². The summed E-state index contributed by atoms with van der Waals surface area (Å²) in [5, 5.41) is 8.05. The molecule has 0 aliphatic rings. The van der Waals surface area contributed by atoms with Gasteiger partial charge in [0.25, 0.3) is 5.91 Å². The van der Waals surface area contributed by atoms with Gasteiger partial charge in [0, 0.05) is 43.8 Å². The molecule has 1 aromatic carbocycles. The Balaban J connectivity index is 2.02. The monoisotopic (exact) mass is 486 g/mol. The number of sulfonamides is 1. The molecular formula is C24H34N6O3S. The van der Waals surface area contributed by atoms with Crippen LogP contribution in [0.1, 0.15) is 57.9 Å². The van der Waals surface area contributed by atoms with Crippen LogP contribution >= 0.6 is 0 Å². The Morgan fingerprint density at radius 3 is 2.29 bits per heavy atom. The molecule has 34 heavy (non-hydrogen) atoms. The van der Waals surface area contributed by atoms with Crippen molar-refractivity contribution >= 4 is 38.3 Å². The maximum Gasteiger partial charge on any atom is 0.257 e. The predicted molar refractivity (Wildman–Crippen MR) is 136 cm³/mol. The molecule has 0 aliphatic carbocycles. The topological polar surface area (TPSA) is 100 Å². The largest absolute Gasteiger partial charge is 0.370 e. The predicted octanol–water partition coefficient (Wildman–Crippen LogP) is 4.14. The van der Waals surface area contributed by atoms with Gasteiger partial charge in [-0.1, -0.05) is 13.8 Å². The number of fused-ring (bicyclic) bond motifs is 1. The molecule has 10 heteroatoms. The van der Waals surface area contributed by atoms with Gasteiger partial charge in [0.05, 0.1) is 28.0 Å². The Kier molecular flexibility index (Phi) is 7.93. The van der Waals surface area contributed by atoms with E-state index in [0.717, 1.165) is 11.1 Å².